The van der Waals surface area contributed by atoms with Crippen molar-refractivity contribution in [2.45, 2.75) is 26.8 Å². The first-order chi connectivity index (χ1) is 7.90. The minimum atomic E-state index is -0.495. The Hall–Kier alpha value is -1.01. The van der Waals surface area contributed by atoms with E-state index in [9.17, 15) is 9.59 Å². The summed E-state index contributed by atoms with van der Waals surface area (Å²) in [6, 6.07) is -0.209. The Morgan fingerprint density at radius 2 is 2.06 bits per heavy atom. The molecule has 0 fully saturated rings. The smallest absolute Gasteiger partial charge is 0.344 e. The van der Waals surface area contributed by atoms with E-state index in [0.29, 0.717) is 6.61 Å². The number of nitrogens with one attached hydrogen (secondary N) is 1. The molecular weight excluding hydrogens is 240 g/mol. The number of amides is 1. The number of rotatable bonds is 6. The molecule has 0 aromatic carbocycles. The number of esters is 1. The molecule has 0 aromatic rings. The van der Waals surface area contributed by atoms with Crippen molar-refractivity contribution in [2.24, 2.45) is 11.7 Å². The second kappa shape index (κ2) is 8.14. The van der Waals surface area contributed by atoms with Crippen LogP contribution in [0, 0.1) is 5.92 Å². The molecule has 0 aliphatic carbocycles. The van der Waals surface area contributed by atoms with Crippen molar-refractivity contribution in [3.63, 3.8) is 0 Å². The van der Waals surface area contributed by atoms with Crippen LogP contribution in [0.15, 0.2) is 11.0 Å². The number of thiol groups is 1. The van der Waals surface area contributed by atoms with E-state index in [1.54, 1.807) is 20.8 Å². The van der Waals surface area contributed by atoms with Crippen LogP contribution in [0.3, 0.4) is 0 Å². The van der Waals surface area contributed by atoms with Crippen LogP contribution in [0.1, 0.15) is 20.8 Å². The Kier molecular flexibility index (Phi) is 7.65. The van der Waals surface area contributed by atoms with Crippen molar-refractivity contribution >= 4 is 24.5 Å². The zero-order chi connectivity index (χ0) is 13.4. The van der Waals surface area contributed by atoms with Gasteiger partial charge in [-0.3, -0.25) is 4.79 Å². The van der Waals surface area contributed by atoms with Gasteiger partial charge in [0.1, 0.15) is 0 Å². The van der Waals surface area contributed by atoms with Crippen LogP contribution in [0.25, 0.3) is 0 Å². The van der Waals surface area contributed by atoms with Gasteiger partial charge in [-0.2, -0.15) is 0 Å². The van der Waals surface area contributed by atoms with Gasteiger partial charge >= 0.3 is 5.97 Å². The first-order valence-electron chi connectivity index (χ1n) is 5.49. The lowest BCUT2D eigenvalue weighted by molar-refractivity contribution is -0.137. The molecule has 5 nitrogen and oxygen atoms in total. The molecule has 2 unspecified atom stereocenters. The second-order valence-corrected chi connectivity index (χ2v) is 4.18. The van der Waals surface area contributed by atoms with Gasteiger partial charge in [0.2, 0.25) is 5.91 Å². The molecule has 0 spiro atoms. The van der Waals surface area contributed by atoms with Gasteiger partial charge in [-0.15, -0.1) is 12.6 Å². The lowest BCUT2D eigenvalue weighted by Gasteiger charge is -2.14. The summed E-state index contributed by atoms with van der Waals surface area (Å²) < 4.78 is 4.73. The third-order valence-corrected chi connectivity index (χ3v) is 2.62. The number of nitrogens with two attached hydrogens (primary N) is 1. The fraction of sp³-hybridized carbons (Fsp3) is 0.636. The number of ether oxygens (including phenoxy) is 1. The Balaban J connectivity index is 4.09. The summed E-state index contributed by atoms with van der Waals surface area (Å²) in [4.78, 5) is 22.8. The Labute approximate surface area is 107 Å². The van der Waals surface area contributed by atoms with E-state index in [1.807, 2.05) is 0 Å². The molecular formula is C11H20N2O3S. The van der Waals surface area contributed by atoms with Crippen molar-refractivity contribution in [3.05, 3.63) is 11.0 Å². The fourth-order valence-electron chi connectivity index (χ4n) is 0.936. The zero-order valence-corrected chi connectivity index (χ0v) is 11.3. The van der Waals surface area contributed by atoms with Gasteiger partial charge < -0.3 is 15.8 Å². The average molecular weight is 260 g/mol. The molecule has 1 amide bonds. The molecule has 0 aliphatic heterocycles. The standard InChI is InChI=1S/C11H20N2O3S/c1-4-16-11(15)9(17)5-6-13-10(14)7(2)8(3)12/h5,7-8,17H,4,6,12H2,1-3H3,(H,13,14). The molecule has 0 bridgehead atoms. The maximum atomic E-state index is 11.5. The van der Waals surface area contributed by atoms with Crippen molar-refractivity contribution in [2.75, 3.05) is 13.2 Å². The van der Waals surface area contributed by atoms with Crippen LogP contribution in [0.4, 0.5) is 0 Å². The molecule has 0 rings (SSSR count). The third kappa shape index (κ3) is 6.33. The average Bonchev–Trinajstić information content (AvgIpc) is 2.27. The van der Waals surface area contributed by atoms with Gasteiger partial charge in [0.15, 0.2) is 0 Å². The Bertz CT molecular complexity index is 303. The van der Waals surface area contributed by atoms with Crippen LogP contribution < -0.4 is 11.1 Å². The van der Waals surface area contributed by atoms with E-state index in [-0.39, 0.29) is 29.3 Å². The molecule has 0 aromatic heterocycles. The molecule has 0 heterocycles. The Morgan fingerprint density at radius 1 is 1.47 bits per heavy atom. The largest absolute Gasteiger partial charge is 0.462 e. The minimum Gasteiger partial charge on any atom is -0.462 e. The van der Waals surface area contributed by atoms with E-state index in [4.69, 9.17) is 10.5 Å². The van der Waals surface area contributed by atoms with E-state index in [2.05, 4.69) is 17.9 Å². The van der Waals surface area contributed by atoms with Crippen molar-refractivity contribution in [1.29, 1.82) is 0 Å². The summed E-state index contributed by atoms with van der Waals surface area (Å²) in [5, 5.41) is 2.64. The lowest BCUT2D eigenvalue weighted by Crippen LogP contribution is -2.38. The summed E-state index contributed by atoms with van der Waals surface area (Å²) in [5.74, 6) is -0.916. The molecule has 0 saturated carbocycles. The number of hydrogen-bond acceptors (Lipinski definition) is 5. The van der Waals surface area contributed by atoms with Crippen molar-refractivity contribution in [3.8, 4) is 0 Å². The highest BCUT2D eigenvalue weighted by Gasteiger charge is 2.16. The quantitative estimate of drug-likeness (QED) is 0.368. The highest BCUT2D eigenvalue weighted by molar-refractivity contribution is 7.85. The minimum absolute atomic E-state index is 0.152. The monoisotopic (exact) mass is 260 g/mol. The van der Waals surface area contributed by atoms with Gasteiger partial charge in [0.25, 0.3) is 0 Å². The van der Waals surface area contributed by atoms with Gasteiger partial charge in [0, 0.05) is 18.5 Å². The molecule has 2 atom stereocenters. The predicted octanol–water partition coefficient (Wildman–Crippen LogP) is 0.463. The van der Waals surface area contributed by atoms with Crippen LogP contribution in [-0.4, -0.2) is 31.1 Å². The van der Waals surface area contributed by atoms with Crippen LogP contribution in [-0.2, 0) is 14.3 Å². The van der Waals surface area contributed by atoms with E-state index >= 15 is 0 Å². The second-order valence-electron chi connectivity index (χ2n) is 3.70. The van der Waals surface area contributed by atoms with Gasteiger partial charge in [-0.1, -0.05) is 6.92 Å². The summed E-state index contributed by atoms with van der Waals surface area (Å²) >= 11 is 3.96. The summed E-state index contributed by atoms with van der Waals surface area (Å²) in [5.41, 5.74) is 5.59. The molecule has 6 heteroatoms. The van der Waals surface area contributed by atoms with Crippen LogP contribution in [0.5, 0.6) is 0 Å². The van der Waals surface area contributed by atoms with E-state index in [0.717, 1.165) is 0 Å². The SMILES string of the molecule is CCOC(=O)C(S)=CCNC(=O)C(C)C(C)N. The first kappa shape index (κ1) is 16.0. The highest BCUT2D eigenvalue weighted by atomic mass is 32.1. The normalized spacial score (nSPS) is 15.0. The molecule has 98 valence electrons. The highest BCUT2D eigenvalue weighted by Crippen LogP contribution is 2.03. The summed E-state index contributed by atoms with van der Waals surface area (Å²) in [6.07, 6.45) is 1.49. The van der Waals surface area contributed by atoms with Gasteiger partial charge in [0.05, 0.1) is 11.5 Å². The topological polar surface area (TPSA) is 81.4 Å². The Morgan fingerprint density at radius 3 is 2.53 bits per heavy atom. The number of hydrogen-bond donors (Lipinski definition) is 3. The third-order valence-electron chi connectivity index (χ3n) is 2.26. The molecule has 17 heavy (non-hydrogen) atoms. The maximum absolute atomic E-state index is 11.5. The summed E-state index contributed by atoms with van der Waals surface area (Å²) in [7, 11) is 0. The molecule has 0 radical (unpaired) electrons. The first-order valence-corrected chi connectivity index (χ1v) is 5.94. The van der Waals surface area contributed by atoms with E-state index in [1.165, 1.54) is 6.08 Å². The molecule has 0 aliphatic rings. The molecule has 3 N–H and O–H groups in total. The van der Waals surface area contributed by atoms with Crippen LogP contribution >= 0.6 is 12.6 Å². The van der Waals surface area contributed by atoms with Crippen molar-refractivity contribution < 1.29 is 14.3 Å². The van der Waals surface area contributed by atoms with Gasteiger partial charge in [-0.05, 0) is 19.9 Å². The van der Waals surface area contributed by atoms with Gasteiger partial charge in [-0.25, -0.2) is 4.79 Å². The number of carbonyl (C=O) groups excluding carboxylic acids is 2. The van der Waals surface area contributed by atoms with Crippen LogP contribution in [0.2, 0.25) is 0 Å². The maximum Gasteiger partial charge on any atom is 0.344 e. The predicted molar refractivity (Wildman–Crippen MR) is 69.5 cm³/mol. The lowest BCUT2D eigenvalue weighted by atomic mass is 10.0. The molecule has 0 saturated heterocycles. The summed E-state index contributed by atoms with van der Waals surface area (Å²) in [6.45, 7) is 5.75. The number of carbonyl (C=O) groups is 2. The van der Waals surface area contributed by atoms with Crippen molar-refractivity contribution in [1.82, 2.24) is 5.32 Å². The van der Waals surface area contributed by atoms with E-state index < -0.39 is 5.97 Å². The zero-order valence-electron chi connectivity index (χ0n) is 10.4. The fourth-order valence-corrected chi connectivity index (χ4v) is 1.09.